The summed E-state index contributed by atoms with van der Waals surface area (Å²) in [5, 5.41) is 2.13. The minimum atomic E-state index is 0.263. The van der Waals surface area contributed by atoms with Crippen LogP contribution in [0.25, 0.3) is 0 Å². The second-order valence-corrected chi connectivity index (χ2v) is 4.49. The molecule has 0 aromatic heterocycles. The van der Waals surface area contributed by atoms with Gasteiger partial charge in [-0.2, -0.15) is 0 Å². The van der Waals surface area contributed by atoms with Gasteiger partial charge in [0.25, 0.3) is 0 Å². The van der Waals surface area contributed by atoms with E-state index in [4.69, 9.17) is 0 Å². The average Bonchev–Trinajstić information content (AvgIpc) is 1.95. The maximum atomic E-state index is 3.47. The first-order chi connectivity index (χ1) is 5.07. The van der Waals surface area contributed by atoms with Crippen molar-refractivity contribution in [2.45, 2.75) is 33.2 Å². The lowest BCUT2D eigenvalue weighted by Gasteiger charge is -2.40. The topological polar surface area (TPSA) is 12.0 Å². The predicted molar refractivity (Wildman–Crippen MR) is 52.3 cm³/mol. The van der Waals surface area contributed by atoms with Gasteiger partial charge >= 0.3 is 0 Å². The molecule has 0 spiro atoms. The summed E-state index contributed by atoms with van der Waals surface area (Å²) >= 11 is 1.70. The van der Waals surface area contributed by atoms with Crippen molar-refractivity contribution in [1.29, 1.82) is 0 Å². The molecule has 2 atom stereocenters. The molecule has 0 aromatic carbocycles. The Morgan fingerprint density at radius 3 is 2.55 bits per heavy atom. The van der Waals surface area contributed by atoms with Crippen LogP contribution >= 0.6 is 11.9 Å². The lowest BCUT2D eigenvalue weighted by molar-refractivity contribution is 0.248. The van der Waals surface area contributed by atoms with E-state index < -0.39 is 0 Å². The molecule has 0 aliphatic carbocycles. The zero-order chi connectivity index (χ0) is 8.48. The van der Waals surface area contributed by atoms with Crippen molar-refractivity contribution in [1.82, 2.24) is 4.72 Å². The van der Waals surface area contributed by atoms with Crippen molar-refractivity contribution in [2.24, 2.45) is 11.8 Å². The van der Waals surface area contributed by atoms with E-state index in [-0.39, 0.29) is 5.54 Å². The number of hydrogen-bond donors (Lipinski definition) is 1. The zero-order valence-electron chi connectivity index (χ0n) is 7.72. The van der Waals surface area contributed by atoms with E-state index in [0.29, 0.717) is 11.8 Å². The van der Waals surface area contributed by atoms with Crippen LogP contribution in [0.15, 0.2) is 11.5 Å². The SMILES string of the molecule is CC(C)C1(C)NSC=CC1C. The largest absolute Gasteiger partial charge is 0.254 e. The molecule has 0 bridgehead atoms. The van der Waals surface area contributed by atoms with E-state index in [9.17, 15) is 0 Å². The van der Waals surface area contributed by atoms with Crippen LogP contribution in [0.1, 0.15) is 27.7 Å². The summed E-state index contributed by atoms with van der Waals surface area (Å²) in [7, 11) is 0. The molecule has 11 heavy (non-hydrogen) atoms. The lowest BCUT2D eigenvalue weighted by atomic mass is 9.79. The summed E-state index contributed by atoms with van der Waals surface area (Å²) in [6.45, 7) is 9.09. The minimum absolute atomic E-state index is 0.263. The van der Waals surface area contributed by atoms with Crippen molar-refractivity contribution in [3.8, 4) is 0 Å². The van der Waals surface area contributed by atoms with Crippen molar-refractivity contribution >= 4 is 11.9 Å². The van der Waals surface area contributed by atoms with Crippen molar-refractivity contribution in [3.63, 3.8) is 0 Å². The lowest BCUT2D eigenvalue weighted by Crippen LogP contribution is -2.49. The molecule has 0 radical (unpaired) electrons. The molecule has 2 heteroatoms. The van der Waals surface area contributed by atoms with E-state index in [2.05, 4.69) is 43.9 Å². The van der Waals surface area contributed by atoms with Crippen LogP contribution in [-0.2, 0) is 0 Å². The van der Waals surface area contributed by atoms with Crippen LogP contribution in [0.4, 0.5) is 0 Å². The maximum absolute atomic E-state index is 3.47. The monoisotopic (exact) mass is 171 g/mol. The summed E-state index contributed by atoms with van der Waals surface area (Å²) in [4.78, 5) is 0. The van der Waals surface area contributed by atoms with E-state index >= 15 is 0 Å². The number of hydrogen-bond acceptors (Lipinski definition) is 2. The third-order valence-corrected chi connectivity index (χ3v) is 3.71. The molecule has 1 heterocycles. The van der Waals surface area contributed by atoms with Gasteiger partial charge in [0.05, 0.1) is 0 Å². The van der Waals surface area contributed by atoms with Gasteiger partial charge in [0, 0.05) is 5.54 Å². The van der Waals surface area contributed by atoms with Crippen molar-refractivity contribution in [3.05, 3.63) is 11.5 Å². The fourth-order valence-corrected chi connectivity index (χ4v) is 2.31. The van der Waals surface area contributed by atoms with Gasteiger partial charge in [-0.15, -0.1) is 0 Å². The Hall–Kier alpha value is 0.0500. The van der Waals surface area contributed by atoms with Crippen molar-refractivity contribution < 1.29 is 0 Å². The van der Waals surface area contributed by atoms with Crippen molar-refractivity contribution in [2.75, 3.05) is 0 Å². The Kier molecular flexibility index (Phi) is 2.66. The molecule has 0 fully saturated rings. The summed E-state index contributed by atoms with van der Waals surface area (Å²) in [6, 6.07) is 0. The second kappa shape index (κ2) is 3.20. The van der Waals surface area contributed by atoms with Gasteiger partial charge in [0.1, 0.15) is 0 Å². The summed E-state index contributed by atoms with van der Waals surface area (Å²) in [5.74, 6) is 1.30. The van der Waals surface area contributed by atoms with Crippen LogP contribution in [0.5, 0.6) is 0 Å². The molecular formula is C9H17NS. The molecule has 1 rings (SSSR count). The smallest absolute Gasteiger partial charge is 0.0340 e. The van der Waals surface area contributed by atoms with Crippen LogP contribution in [0, 0.1) is 11.8 Å². The van der Waals surface area contributed by atoms with Crippen LogP contribution in [-0.4, -0.2) is 5.54 Å². The predicted octanol–water partition coefficient (Wildman–Crippen LogP) is 2.80. The summed E-state index contributed by atoms with van der Waals surface area (Å²) in [5.41, 5.74) is 0.263. The van der Waals surface area contributed by atoms with E-state index in [0.717, 1.165) is 0 Å². The van der Waals surface area contributed by atoms with Crippen LogP contribution < -0.4 is 4.72 Å². The normalized spacial score (nSPS) is 38.1. The minimum Gasteiger partial charge on any atom is -0.254 e. The molecule has 1 aliphatic heterocycles. The van der Waals surface area contributed by atoms with E-state index in [1.54, 1.807) is 11.9 Å². The number of nitrogens with one attached hydrogen (secondary N) is 1. The molecule has 0 amide bonds. The summed E-state index contributed by atoms with van der Waals surface area (Å²) in [6.07, 6.45) is 2.28. The molecule has 1 N–H and O–H groups in total. The maximum Gasteiger partial charge on any atom is 0.0340 e. The Morgan fingerprint density at radius 1 is 1.55 bits per heavy atom. The zero-order valence-corrected chi connectivity index (χ0v) is 8.53. The van der Waals surface area contributed by atoms with Gasteiger partial charge in [-0.3, -0.25) is 4.72 Å². The van der Waals surface area contributed by atoms with Gasteiger partial charge < -0.3 is 0 Å². The Balaban J connectivity index is 2.76. The highest BCUT2D eigenvalue weighted by Gasteiger charge is 2.34. The highest BCUT2D eigenvalue weighted by molar-refractivity contribution is 8.00. The Bertz CT molecular complexity index is 165. The quantitative estimate of drug-likeness (QED) is 0.609. The van der Waals surface area contributed by atoms with Gasteiger partial charge in [-0.05, 0) is 24.2 Å². The van der Waals surface area contributed by atoms with Gasteiger partial charge in [0.15, 0.2) is 0 Å². The molecule has 1 nitrogen and oxygen atoms in total. The molecule has 0 saturated heterocycles. The second-order valence-electron chi connectivity index (χ2n) is 3.77. The van der Waals surface area contributed by atoms with Gasteiger partial charge in [-0.25, -0.2) is 0 Å². The number of rotatable bonds is 1. The highest BCUT2D eigenvalue weighted by Crippen LogP contribution is 2.32. The fourth-order valence-electron chi connectivity index (χ4n) is 1.25. The van der Waals surface area contributed by atoms with Gasteiger partial charge in [0.2, 0.25) is 0 Å². The molecule has 1 aliphatic rings. The average molecular weight is 171 g/mol. The van der Waals surface area contributed by atoms with Gasteiger partial charge in [-0.1, -0.05) is 38.8 Å². The first-order valence-electron chi connectivity index (χ1n) is 4.17. The molecule has 2 unspecified atom stereocenters. The third-order valence-electron chi connectivity index (χ3n) is 2.86. The van der Waals surface area contributed by atoms with Crippen LogP contribution in [0.2, 0.25) is 0 Å². The van der Waals surface area contributed by atoms with Crippen LogP contribution in [0.3, 0.4) is 0 Å². The third kappa shape index (κ3) is 1.62. The standard InChI is InChI=1S/C9H17NS/c1-7(2)9(4)8(3)5-6-11-10-9/h5-8,10H,1-4H3. The molecule has 64 valence electrons. The Morgan fingerprint density at radius 2 is 2.18 bits per heavy atom. The molecular weight excluding hydrogens is 154 g/mol. The molecule has 0 saturated carbocycles. The Labute approximate surface area is 73.8 Å². The van der Waals surface area contributed by atoms with E-state index in [1.165, 1.54) is 0 Å². The van der Waals surface area contributed by atoms with E-state index in [1.807, 2.05) is 0 Å². The summed E-state index contributed by atoms with van der Waals surface area (Å²) < 4.78 is 3.47. The fraction of sp³-hybridized carbons (Fsp3) is 0.778. The molecule has 0 aromatic rings. The first-order valence-corrected chi connectivity index (χ1v) is 5.05. The highest BCUT2D eigenvalue weighted by atomic mass is 32.2. The first kappa shape index (κ1) is 9.14.